The first kappa shape index (κ1) is 20.0. The molecule has 2 heterocycles. The summed E-state index contributed by atoms with van der Waals surface area (Å²) in [7, 11) is -3.92. The van der Waals surface area contributed by atoms with Crippen LogP contribution >= 0.6 is 11.3 Å². The molecule has 0 unspecified atom stereocenters. The minimum absolute atomic E-state index is 0.0620. The summed E-state index contributed by atoms with van der Waals surface area (Å²) in [5.41, 5.74) is -0.528. The SMILES string of the molecule is O=S(=O)(Nc1nccs1)c1ccc2c(-c3ccc(C(F)(F)F)cc3O)ncnc2c1. The van der Waals surface area contributed by atoms with Gasteiger partial charge in [-0.05, 0) is 36.4 Å². The van der Waals surface area contributed by atoms with Gasteiger partial charge in [0, 0.05) is 22.5 Å². The van der Waals surface area contributed by atoms with Crippen molar-refractivity contribution in [1.29, 1.82) is 0 Å². The molecule has 2 aromatic heterocycles. The van der Waals surface area contributed by atoms with Gasteiger partial charge in [-0.25, -0.2) is 23.4 Å². The zero-order valence-corrected chi connectivity index (χ0v) is 16.4. The second kappa shape index (κ2) is 7.22. The maximum absolute atomic E-state index is 12.8. The number of alkyl halides is 3. The van der Waals surface area contributed by atoms with E-state index >= 15 is 0 Å². The van der Waals surface area contributed by atoms with Gasteiger partial charge in [0.15, 0.2) is 5.13 Å². The Morgan fingerprint density at radius 1 is 1.03 bits per heavy atom. The van der Waals surface area contributed by atoms with Crippen LogP contribution in [0.5, 0.6) is 5.75 Å². The summed E-state index contributed by atoms with van der Waals surface area (Å²) < 4.78 is 66.0. The third-order valence-electron chi connectivity index (χ3n) is 4.15. The predicted octanol–water partition coefficient (Wildman–Crippen LogP) is 4.28. The number of rotatable bonds is 4. The molecule has 2 N–H and O–H groups in total. The molecule has 2 aromatic carbocycles. The van der Waals surface area contributed by atoms with E-state index in [1.54, 1.807) is 5.38 Å². The van der Waals surface area contributed by atoms with Gasteiger partial charge in [0.05, 0.1) is 21.7 Å². The quantitative estimate of drug-likeness (QED) is 0.479. The number of hydrogen-bond acceptors (Lipinski definition) is 7. The largest absolute Gasteiger partial charge is 0.507 e. The van der Waals surface area contributed by atoms with Crippen molar-refractivity contribution in [3.8, 4) is 17.0 Å². The van der Waals surface area contributed by atoms with E-state index in [2.05, 4.69) is 19.7 Å². The number of anilines is 1. The Morgan fingerprint density at radius 2 is 1.83 bits per heavy atom. The fourth-order valence-electron chi connectivity index (χ4n) is 2.77. The highest BCUT2D eigenvalue weighted by atomic mass is 32.2. The molecule has 0 saturated heterocycles. The van der Waals surface area contributed by atoms with Crippen molar-refractivity contribution < 1.29 is 26.7 Å². The van der Waals surface area contributed by atoms with Crippen molar-refractivity contribution in [2.45, 2.75) is 11.1 Å². The van der Waals surface area contributed by atoms with Crippen molar-refractivity contribution >= 4 is 37.4 Å². The van der Waals surface area contributed by atoms with E-state index < -0.39 is 27.5 Å². The lowest BCUT2D eigenvalue weighted by molar-refractivity contribution is -0.137. The van der Waals surface area contributed by atoms with Gasteiger partial charge in [-0.15, -0.1) is 11.3 Å². The van der Waals surface area contributed by atoms with Crippen LogP contribution in [0.15, 0.2) is 59.2 Å². The molecule has 4 aromatic rings. The van der Waals surface area contributed by atoms with Crippen LogP contribution < -0.4 is 4.72 Å². The molecule has 0 aliphatic carbocycles. The average molecular weight is 452 g/mol. The molecule has 12 heteroatoms. The van der Waals surface area contributed by atoms with Gasteiger partial charge in [0.1, 0.15) is 12.1 Å². The molecule has 0 fully saturated rings. The molecule has 0 aliphatic rings. The summed E-state index contributed by atoms with van der Waals surface area (Å²) in [5.74, 6) is -0.605. The van der Waals surface area contributed by atoms with E-state index in [1.165, 1.54) is 24.4 Å². The number of aromatic hydroxyl groups is 1. The Bertz CT molecular complexity index is 1340. The van der Waals surface area contributed by atoms with Crippen LogP contribution in [0.1, 0.15) is 5.56 Å². The lowest BCUT2D eigenvalue weighted by atomic mass is 10.0. The van der Waals surface area contributed by atoms with Gasteiger partial charge in [-0.1, -0.05) is 0 Å². The zero-order valence-electron chi connectivity index (χ0n) is 14.8. The monoisotopic (exact) mass is 452 g/mol. The van der Waals surface area contributed by atoms with E-state index in [4.69, 9.17) is 0 Å². The van der Waals surface area contributed by atoms with Gasteiger partial charge in [-0.2, -0.15) is 13.2 Å². The summed E-state index contributed by atoms with van der Waals surface area (Å²) >= 11 is 1.12. The minimum atomic E-state index is -4.60. The molecule has 4 rings (SSSR count). The Hall–Kier alpha value is -3.25. The zero-order chi connectivity index (χ0) is 21.5. The molecule has 0 aliphatic heterocycles. The van der Waals surface area contributed by atoms with Crippen LogP contribution in [0.3, 0.4) is 0 Å². The molecule has 0 atom stereocenters. The molecule has 0 bridgehead atoms. The number of aromatic nitrogens is 3. The smallest absolute Gasteiger partial charge is 0.416 e. The summed E-state index contributed by atoms with van der Waals surface area (Å²) in [4.78, 5) is 11.9. The molecule has 0 saturated carbocycles. The molecule has 154 valence electrons. The van der Waals surface area contributed by atoms with Gasteiger partial charge in [0.25, 0.3) is 10.0 Å². The van der Waals surface area contributed by atoms with Crippen LogP contribution in [0.25, 0.3) is 22.2 Å². The number of halogens is 3. The molecule has 0 radical (unpaired) electrons. The lowest BCUT2D eigenvalue weighted by Gasteiger charge is -2.12. The Labute approximate surface area is 171 Å². The number of thiazole rings is 1. The number of benzene rings is 2. The summed E-state index contributed by atoms with van der Waals surface area (Å²) in [5, 5.41) is 12.3. The van der Waals surface area contributed by atoms with Gasteiger partial charge in [-0.3, -0.25) is 4.72 Å². The predicted molar refractivity (Wildman–Crippen MR) is 105 cm³/mol. The normalized spacial score (nSPS) is 12.2. The van der Waals surface area contributed by atoms with Crippen LogP contribution in [-0.4, -0.2) is 28.5 Å². The number of nitrogens with zero attached hydrogens (tertiary/aromatic N) is 3. The van der Waals surface area contributed by atoms with Gasteiger partial charge in [0.2, 0.25) is 0 Å². The number of fused-ring (bicyclic) bond motifs is 1. The van der Waals surface area contributed by atoms with Crippen molar-refractivity contribution in [1.82, 2.24) is 15.0 Å². The van der Waals surface area contributed by atoms with Crippen LogP contribution in [0.2, 0.25) is 0 Å². The summed E-state index contributed by atoms with van der Waals surface area (Å²) in [6.45, 7) is 0. The first-order chi connectivity index (χ1) is 14.1. The van der Waals surface area contributed by atoms with E-state index in [0.717, 1.165) is 29.8 Å². The number of hydrogen-bond donors (Lipinski definition) is 2. The number of nitrogens with one attached hydrogen (secondary N) is 1. The Kier molecular flexibility index (Phi) is 4.82. The number of phenolic OH excluding ortho intramolecular Hbond substituents is 1. The minimum Gasteiger partial charge on any atom is -0.507 e. The summed E-state index contributed by atoms with van der Waals surface area (Å²) in [6.07, 6.45) is -2.00. The second-order valence-electron chi connectivity index (χ2n) is 6.07. The Balaban J connectivity index is 1.77. The molecule has 0 amide bonds. The maximum Gasteiger partial charge on any atom is 0.416 e. The van der Waals surface area contributed by atoms with E-state index in [9.17, 15) is 26.7 Å². The second-order valence-corrected chi connectivity index (χ2v) is 8.65. The van der Waals surface area contributed by atoms with Crippen molar-refractivity contribution in [2.24, 2.45) is 0 Å². The third kappa shape index (κ3) is 3.78. The van der Waals surface area contributed by atoms with Crippen LogP contribution in [-0.2, 0) is 16.2 Å². The highest BCUT2D eigenvalue weighted by molar-refractivity contribution is 7.93. The summed E-state index contributed by atoms with van der Waals surface area (Å²) in [6, 6.07) is 6.59. The molecule has 7 nitrogen and oxygen atoms in total. The molecular formula is C18H11F3N4O3S2. The third-order valence-corrected chi connectivity index (χ3v) is 6.31. The van der Waals surface area contributed by atoms with E-state index in [0.29, 0.717) is 11.5 Å². The van der Waals surface area contributed by atoms with Crippen LogP contribution in [0.4, 0.5) is 18.3 Å². The highest BCUT2D eigenvalue weighted by Crippen LogP contribution is 2.38. The Morgan fingerprint density at radius 3 is 2.50 bits per heavy atom. The van der Waals surface area contributed by atoms with Crippen molar-refractivity contribution in [3.63, 3.8) is 0 Å². The molecular weight excluding hydrogens is 441 g/mol. The average Bonchev–Trinajstić information content (AvgIpc) is 3.18. The highest BCUT2D eigenvalue weighted by Gasteiger charge is 2.31. The van der Waals surface area contributed by atoms with Gasteiger partial charge < -0.3 is 5.11 Å². The first-order valence-electron chi connectivity index (χ1n) is 8.23. The standard InChI is InChI=1S/C18H11F3N4O3S2/c19-18(20,21)10-1-3-13(15(26)7-10)16-12-4-2-11(8-14(12)23-9-24-16)30(27,28)25-17-22-5-6-29-17/h1-9,26H,(H,22,25). The first-order valence-corrected chi connectivity index (χ1v) is 10.6. The topological polar surface area (TPSA) is 105 Å². The lowest BCUT2D eigenvalue weighted by Crippen LogP contribution is -2.12. The van der Waals surface area contributed by atoms with Crippen molar-refractivity contribution in [2.75, 3.05) is 4.72 Å². The van der Waals surface area contributed by atoms with E-state index in [1.807, 2.05) is 0 Å². The van der Waals surface area contributed by atoms with Gasteiger partial charge >= 0.3 is 6.18 Å². The van der Waals surface area contributed by atoms with Crippen molar-refractivity contribution in [3.05, 3.63) is 59.9 Å². The van der Waals surface area contributed by atoms with E-state index in [-0.39, 0.29) is 26.8 Å². The fraction of sp³-hybridized carbons (Fsp3) is 0.0556. The maximum atomic E-state index is 12.8. The number of sulfonamides is 1. The fourth-order valence-corrected chi connectivity index (χ4v) is 4.58. The van der Waals surface area contributed by atoms with Crippen LogP contribution in [0, 0.1) is 0 Å². The number of phenols is 1. The molecule has 30 heavy (non-hydrogen) atoms. The molecule has 0 spiro atoms.